The quantitative estimate of drug-likeness (QED) is 0.826. The number of benzene rings is 2. The second-order valence-corrected chi connectivity index (χ2v) is 5.21. The van der Waals surface area contributed by atoms with Crippen molar-refractivity contribution in [3.8, 4) is 5.75 Å². The Kier molecular flexibility index (Phi) is 4.99. The lowest BCUT2D eigenvalue weighted by molar-refractivity contribution is 0.474. The van der Waals surface area contributed by atoms with Crippen LogP contribution in [-0.4, -0.2) is 23.9 Å². The van der Waals surface area contributed by atoms with E-state index in [9.17, 15) is 5.11 Å². The van der Waals surface area contributed by atoms with Gasteiger partial charge in [-0.25, -0.2) is 0 Å². The van der Waals surface area contributed by atoms with Gasteiger partial charge in [0, 0.05) is 30.1 Å². The van der Waals surface area contributed by atoms with Gasteiger partial charge in [0.1, 0.15) is 5.75 Å². The molecule has 3 nitrogen and oxygen atoms in total. The number of nitrogens with zero attached hydrogens (tertiary/aromatic N) is 2. The second kappa shape index (κ2) is 6.93. The number of para-hydroxylation sites is 1. The van der Waals surface area contributed by atoms with Gasteiger partial charge in [0.15, 0.2) is 0 Å². The molecule has 110 valence electrons. The van der Waals surface area contributed by atoms with Crippen LogP contribution >= 0.6 is 0 Å². The summed E-state index contributed by atoms with van der Waals surface area (Å²) < 4.78 is 0. The fraction of sp³-hybridized carbons (Fsp3) is 0.278. The largest absolute Gasteiger partial charge is 0.507 e. The fourth-order valence-electron chi connectivity index (χ4n) is 2.32. The summed E-state index contributed by atoms with van der Waals surface area (Å²) in [7, 11) is 0. The maximum atomic E-state index is 9.70. The van der Waals surface area contributed by atoms with Gasteiger partial charge in [-0.1, -0.05) is 12.1 Å². The Morgan fingerprint density at radius 3 is 2.33 bits per heavy atom. The molecule has 2 aromatic carbocycles. The van der Waals surface area contributed by atoms with Crippen LogP contribution in [0.4, 0.5) is 11.4 Å². The molecule has 0 fully saturated rings. The minimum Gasteiger partial charge on any atom is -0.507 e. The number of aliphatic imine (C=N–C) groups is 1. The summed E-state index contributed by atoms with van der Waals surface area (Å²) in [6, 6.07) is 15.8. The molecule has 0 heterocycles. The van der Waals surface area contributed by atoms with Crippen LogP contribution in [0.5, 0.6) is 5.75 Å². The van der Waals surface area contributed by atoms with Crippen molar-refractivity contribution in [2.24, 2.45) is 4.99 Å². The van der Waals surface area contributed by atoms with E-state index in [0.717, 1.165) is 17.8 Å². The van der Waals surface area contributed by atoms with E-state index in [1.54, 1.807) is 18.3 Å². The molecule has 0 unspecified atom stereocenters. The number of anilines is 1. The van der Waals surface area contributed by atoms with E-state index in [2.05, 4.69) is 42.8 Å². The summed E-state index contributed by atoms with van der Waals surface area (Å²) in [4.78, 5) is 6.73. The van der Waals surface area contributed by atoms with Gasteiger partial charge in [0.25, 0.3) is 0 Å². The van der Waals surface area contributed by atoms with Crippen LogP contribution in [0.3, 0.4) is 0 Å². The molecular weight excluding hydrogens is 260 g/mol. The molecule has 0 spiro atoms. The van der Waals surface area contributed by atoms with Crippen molar-refractivity contribution in [3.05, 3.63) is 54.1 Å². The van der Waals surface area contributed by atoms with E-state index in [-0.39, 0.29) is 5.75 Å². The Morgan fingerprint density at radius 2 is 1.76 bits per heavy atom. The minimum atomic E-state index is 0.245. The van der Waals surface area contributed by atoms with Crippen molar-refractivity contribution >= 4 is 17.6 Å². The number of hydrogen-bond acceptors (Lipinski definition) is 3. The summed E-state index contributed by atoms with van der Waals surface area (Å²) >= 11 is 0. The number of rotatable bonds is 5. The highest BCUT2D eigenvalue weighted by Gasteiger charge is 2.07. The Bertz CT molecular complexity index is 603. The number of hydrogen-bond donors (Lipinski definition) is 1. The van der Waals surface area contributed by atoms with Gasteiger partial charge >= 0.3 is 0 Å². The van der Waals surface area contributed by atoms with Crippen molar-refractivity contribution in [3.63, 3.8) is 0 Å². The Hall–Kier alpha value is -2.29. The number of aromatic hydroxyl groups is 1. The molecule has 0 saturated heterocycles. The van der Waals surface area contributed by atoms with E-state index in [1.807, 2.05) is 24.3 Å². The Balaban J connectivity index is 2.14. The first-order chi connectivity index (χ1) is 10.1. The zero-order valence-electron chi connectivity index (χ0n) is 12.8. The maximum Gasteiger partial charge on any atom is 0.124 e. The first-order valence-corrected chi connectivity index (χ1v) is 7.30. The van der Waals surface area contributed by atoms with Gasteiger partial charge in [0.2, 0.25) is 0 Å². The average molecular weight is 282 g/mol. The average Bonchev–Trinajstić information content (AvgIpc) is 2.48. The molecule has 0 aliphatic rings. The SMILES string of the molecule is CCN(c1ccc(N=Cc2ccccc2O)cc1)C(C)C. The highest BCUT2D eigenvalue weighted by molar-refractivity contribution is 5.85. The van der Waals surface area contributed by atoms with Crippen LogP contribution in [-0.2, 0) is 0 Å². The van der Waals surface area contributed by atoms with E-state index in [4.69, 9.17) is 0 Å². The molecule has 1 N–H and O–H groups in total. The predicted octanol–water partition coefficient (Wildman–Crippen LogP) is 4.38. The van der Waals surface area contributed by atoms with Gasteiger partial charge < -0.3 is 10.0 Å². The summed E-state index contributed by atoms with van der Waals surface area (Å²) in [5.74, 6) is 0.245. The van der Waals surface area contributed by atoms with E-state index >= 15 is 0 Å². The zero-order chi connectivity index (χ0) is 15.2. The van der Waals surface area contributed by atoms with Crippen molar-refractivity contribution in [1.82, 2.24) is 0 Å². The molecule has 2 rings (SSSR count). The lowest BCUT2D eigenvalue weighted by atomic mass is 10.2. The molecule has 0 aromatic heterocycles. The normalized spacial score (nSPS) is 11.2. The summed E-state index contributed by atoms with van der Waals surface area (Å²) in [6.45, 7) is 7.52. The monoisotopic (exact) mass is 282 g/mol. The van der Waals surface area contributed by atoms with E-state index in [0.29, 0.717) is 6.04 Å². The van der Waals surface area contributed by atoms with Crippen molar-refractivity contribution in [2.45, 2.75) is 26.8 Å². The topological polar surface area (TPSA) is 35.8 Å². The van der Waals surface area contributed by atoms with Gasteiger partial charge in [-0.3, -0.25) is 4.99 Å². The zero-order valence-corrected chi connectivity index (χ0v) is 12.8. The molecule has 2 aromatic rings. The predicted molar refractivity (Wildman–Crippen MR) is 90.0 cm³/mol. The number of phenols is 1. The molecule has 21 heavy (non-hydrogen) atoms. The first-order valence-electron chi connectivity index (χ1n) is 7.30. The molecule has 0 aliphatic carbocycles. The third-order valence-corrected chi connectivity index (χ3v) is 3.43. The lowest BCUT2D eigenvalue weighted by Gasteiger charge is -2.27. The highest BCUT2D eigenvalue weighted by atomic mass is 16.3. The van der Waals surface area contributed by atoms with Crippen LogP contribution in [0.15, 0.2) is 53.5 Å². The lowest BCUT2D eigenvalue weighted by Crippen LogP contribution is -2.30. The molecule has 0 amide bonds. The third-order valence-electron chi connectivity index (χ3n) is 3.43. The fourth-order valence-corrected chi connectivity index (χ4v) is 2.32. The van der Waals surface area contributed by atoms with Crippen LogP contribution in [0, 0.1) is 0 Å². The maximum absolute atomic E-state index is 9.70. The summed E-state index contributed by atoms with van der Waals surface area (Å²) in [5.41, 5.74) is 2.80. The van der Waals surface area contributed by atoms with Gasteiger partial charge in [-0.15, -0.1) is 0 Å². The second-order valence-electron chi connectivity index (χ2n) is 5.21. The minimum absolute atomic E-state index is 0.245. The van der Waals surface area contributed by atoms with Crippen LogP contribution in [0.2, 0.25) is 0 Å². The molecular formula is C18H22N2O. The molecule has 0 bridgehead atoms. The van der Waals surface area contributed by atoms with Crippen LogP contribution in [0.1, 0.15) is 26.3 Å². The molecule has 0 radical (unpaired) electrons. The van der Waals surface area contributed by atoms with Gasteiger partial charge in [-0.05, 0) is 57.2 Å². The van der Waals surface area contributed by atoms with Gasteiger partial charge in [0.05, 0.1) is 5.69 Å². The van der Waals surface area contributed by atoms with Gasteiger partial charge in [-0.2, -0.15) is 0 Å². The van der Waals surface area contributed by atoms with Crippen molar-refractivity contribution < 1.29 is 5.11 Å². The van der Waals surface area contributed by atoms with Crippen molar-refractivity contribution in [1.29, 1.82) is 0 Å². The Morgan fingerprint density at radius 1 is 1.10 bits per heavy atom. The smallest absolute Gasteiger partial charge is 0.124 e. The van der Waals surface area contributed by atoms with Crippen LogP contribution < -0.4 is 4.90 Å². The van der Waals surface area contributed by atoms with Crippen LogP contribution in [0.25, 0.3) is 0 Å². The van der Waals surface area contributed by atoms with Crippen molar-refractivity contribution in [2.75, 3.05) is 11.4 Å². The molecule has 3 heteroatoms. The van der Waals surface area contributed by atoms with E-state index < -0.39 is 0 Å². The first kappa shape index (κ1) is 15.1. The number of phenolic OH excluding ortho intramolecular Hbond substituents is 1. The standard InChI is InChI=1S/C18H22N2O/c1-4-20(14(2)3)17-11-9-16(10-12-17)19-13-15-7-5-6-8-18(15)21/h5-14,21H,4H2,1-3H3. The van der Waals surface area contributed by atoms with E-state index in [1.165, 1.54) is 5.69 Å². The molecule has 0 saturated carbocycles. The Labute approximate surface area is 126 Å². The highest BCUT2D eigenvalue weighted by Crippen LogP contribution is 2.22. The summed E-state index contributed by atoms with van der Waals surface area (Å²) in [6.07, 6.45) is 1.68. The molecule has 0 atom stereocenters. The third kappa shape index (κ3) is 3.85. The summed E-state index contributed by atoms with van der Waals surface area (Å²) in [5, 5.41) is 9.70. The molecule has 0 aliphatic heterocycles.